The van der Waals surface area contributed by atoms with Crippen LogP contribution in [-0.4, -0.2) is 48.5 Å². The number of thioether (sulfide) groups is 2. The van der Waals surface area contributed by atoms with Gasteiger partial charge in [0.1, 0.15) is 0 Å². The van der Waals surface area contributed by atoms with Crippen LogP contribution in [0.15, 0.2) is 24.3 Å². The zero-order valence-electron chi connectivity index (χ0n) is 14.2. The third-order valence-corrected chi connectivity index (χ3v) is 6.37. The summed E-state index contributed by atoms with van der Waals surface area (Å²) in [7, 11) is 0. The van der Waals surface area contributed by atoms with Crippen LogP contribution in [0.4, 0.5) is 0 Å². The largest absolute Gasteiger partial charge is 0.452 e. The van der Waals surface area contributed by atoms with Crippen LogP contribution < -0.4 is 10.6 Å². The number of carbonyl (C=O) groups is 3. The van der Waals surface area contributed by atoms with Crippen molar-refractivity contribution in [2.45, 2.75) is 24.5 Å². The van der Waals surface area contributed by atoms with E-state index in [-0.39, 0.29) is 18.5 Å². The molecule has 1 aromatic carbocycles. The summed E-state index contributed by atoms with van der Waals surface area (Å²) in [6.07, 6.45) is 0. The first-order valence-electron chi connectivity index (χ1n) is 8.02. The second-order valence-corrected chi connectivity index (χ2v) is 8.49. The highest BCUT2D eigenvalue weighted by Crippen LogP contribution is 2.45. The highest BCUT2D eigenvalue weighted by molar-refractivity contribution is 8.19. The first kappa shape index (κ1) is 19.7. The van der Waals surface area contributed by atoms with Crippen molar-refractivity contribution in [2.75, 3.05) is 24.7 Å². The molecule has 0 saturated carbocycles. The number of amides is 2. The molecule has 1 saturated heterocycles. The Kier molecular flexibility index (Phi) is 7.64. The van der Waals surface area contributed by atoms with Crippen LogP contribution in [0, 0.1) is 0 Å². The number of hydrogen-bond acceptors (Lipinski definition) is 6. The Labute approximate surface area is 155 Å². The van der Waals surface area contributed by atoms with Crippen molar-refractivity contribution in [1.29, 1.82) is 0 Å². The van der Waals surface area contributed by atoms with Crippen LogP contribution in [0.1, 0.15) is 34.4 Å². The molecule has 0 aromatic heterocycles. The van der Waals surface area contributed by atoms with E-state index in [0.29, 0.717) is 10.1 Å². The molecule has 1 aliphatic rings. The molecule has 25 heavy (non-hydrogen) atoms. The molecule has 2 rings (SSSR count). The summed E-state index contributed by atoms with van der Waals surface area (Å²) in [4.78, 5) is 35.0. The van der Waals surface area contributed by atoms with E-state index in [2.05, 4.69) is 10.6 Å². The molecule has 0 radical (unpaired) electrons. The fourth-order valence-electron chi connectivity index (χ4n) is 2.14. The van der Waals surface area contributed by atoms with E-state index in [1.165, 1.54) is 5.56 Å². The molecule has 6 nitrogen and oxygen atoms in total. The van der Waals surface area contributed by atoms with Gasteiger partial charge >= 0.3 is 5.97 Å². The summed E-state index contributed by atoms with van der Waals surface area (Å²) < 4.78 is 5.40. The van der Waals surface area contributed by atoms with Crippen LogP contribution in [0.5, 0.6) is 0 Å². The molecule has 0 aliphatic carbocycles. The van der Waals surface area contributed by atoms with Crippen LogP contribution in [0.25, 0.3) is 0 Å². The lowest BCUT2D eigenvalue weighted by Gasteiger charge is -2.10. The van der Waals surface area contributed by atoms with Crippen molar-refractivity contribution in [3.8, 4) is 0 Å². The van der Waals surface area contributed by atoms with Crippen LogP contribution in [0.3, 0.4) is 0 Å². The molecule has 0 unspecified atom stereocenters. The van der Waals surface area contributed by atoms with E-state index in [1.807, 2.05) is 49.5 Å². The molecule has 0 atom stereocenters. The van der Waals surface area contributed by atoms with Gasteiger partial charge in [0, 0.05) is 17.5 Å². The van der Waals surface area contributed by atoms with Crippen molar-refractivity contribution in [3.63, 3.8) is 0 Å². The maximum absolute atomic E-state index is 12.0. The smallest absolute Gasteiger partial charge is 0.338 e. The second-order valence-electron chi connectivity index (χ2n) is 5.77. The monoisotopic (exact) mass is 382 g/mol. The van der Waals surface area contributed by atoms with Gasteiger partial charge in [0.25, 0.3) is 5.91 Å². The quantitative estimate of drug-likeness (QED) is 0.702. The summed E-state index contributed by atoms with van der Waals surface area (Å²) in [5.41, 5.74) is 1.58. The molecule has 1 aromatic rings. The summed E-state index contributed by atoms with van der Waals surface area (Å²) in [6, 6.07) is 7.27. The Bertz CT molecular complexity index is 614. The summed E-state index contributed by atoms with van der Waals surface area (Å²) in [5.74, 6) is 0.933. The molecule has 2 N–H and O–H groups in total. The number of benzene rings is 1. The molecule has 1 heterocycles. The first-order chi connectivity index (χ1) is 12.0. The van der Waals surface area contributed by atoms with Gasteiger partial charge in [-0.3, -0.25) is 9.59 Å². The Morgan fingerprint density at radius 2 is 1.76 bits per heavy atom. The topological polar surface area (TPSA) is 84.5 Å². The molecule has 8 heteroatoms. The molecule has 1 fully saturated rings. The predicted molar refractivity (Wildman–Crippen MR) is 101 cm³/mol. The van der Waals surface area contributed by atoms with Gasteiger partial charge in [0.2, 0.25) is 5.91 Å². The molecule has 0 spiro atoms. The standard InChI is InChI=1S/C17H22N2O4S2/c1-11(2)19-14(20)9-18-15(21)10-23-16(22)12-3-5-13(6-4-12)17-24-7-8-25-17/h3-6,11,17H,7-10H2,1-2H3,(H,18,21)(H,19,20). The van der Waals surface area contributed by atoms with Gasteiger partial charge in [0.05, 0.1) is 16.7 Å². The molecular weight excluding hydrogens is 360 g/mol. The first-order valence-corrected chi connectivity index (χ1v) is 10.1. The highest BCUT2D eigenvalue weighted by atomic mass is 32.2. The predicted octanol–water partition coefficient (Wildman–Crippen LogP) is 1.96. The minimum atomic E-state index is -0.555. The molecule has 0 bridgehead atoms. The number of carbonyl (C=O) groups excluding carboxylic acids is 3. The highest BCUT2D eigenvalue weighted by Gasteiger charge is 2.19. The maximum atomic E-state index is 12.0. The third kappa shape index (κ3) is 6.62. The van der Waals surface area contributed by atoms with Crippen LogP contribution >= 0.6 is 23.5 Å². The fraction of sp³-hybridized carbons (Fsp3) is 0.471. The van der Waals surface area contributed by atoms with E-state index in [1.54, 1.807) is 12.1 Å². The van der Waals surface area contributed by atoms with Gasteiger partial charge in [-0.05, 0) is 31.5 Å². The minimum Gasteiger partial charge on any atom is -0.452 e. The van der Waals surface area contributed by atoms with E-state index in [0.717, 1.165) is 11.5 Å². The van der Waals surface area contributed by atoms with Crippen LogP contribution in [0.2, 0.25) is 0 Å². The lowest BCUT2D eigenvalue weighted by atomic mass is 10.1. The van der Waals surface area contributed by atoms with Crippen LogP contribution in [-0.2, 0) is 14.3 Å². The lowest BCUT2D eigenvalue weighted by molar-refractivity contribution is -0.128. The van der Waals surface area contributed by atoms with Gasteiger partial charge in [-0.2, -0.15) is 0 Å². The third-order valence-electron chi connectivity index (χ3n) is 3.27. The Morgan fingerprint density at radius 1 is 1.12 bits per heavy atom. The minimum absolute atomic E-state index is 0.00577. The Balaban J connectivity index is 1.74. The zero-order valence-corrected chi connectivity index (χ0v) is 15.9. The normalized spacial score (nSPS) is 14.4. The van der Waals surface area contributed by atoms with E-state index >= 15 is 0 Å². The van der Waals surface area contributed by atoms with E-state index < -0.39 is 18.5 Å². The average molecular weight is 383 g/mol. The fourth-order valence-corrected chi connectivity index (χ4v) is 5.00. The SMILES string of the molecule is CC(C)NC(=O)CNC(=O)COC(=O)c1ccc(C2SCCS2)cc1. The Hall–Kier alpha value is -1.67. The van der Waals surface area contributed by atoms with Gasteiger partial charge in [0.15, 0.2) is 6.61 Å². The summed E-state index contributed by atoms with van der Waals surface area (Å²) in [5, 5.41) is 5.06. The van der Waals surface area contributed by atoms with E-state index in [9.17, 15) is 14.4 Å². The van der Waals surface area contributed by atoms with Crippen molar-refractivity contribution in [2.24, 2.45) is 0 Å². The number of rotatable bonds is 7. The number of esters is 1. The van der Waals surface area contributed by atoms with Crippen molar-refractivity contribution in [3.05, 3.63) is 35.4 Å². The maximum Gasteiger partial charge on any atom is 0.338 e. The van der Waals surface area contributed by atoms with Crippen molar-refractivity contribution in [1.82, 2.24) is 10.6 Å². The molecule has 136 valence electrons. The molecule has 2 amide bonds. The van der Waals surface area contributed by atoms with E-state index in [4.69, 9.17) is 4.74 Å². The average Bonchev–Trinajstić information content (AvgIpc) is 3.12. The van der Waals surface area contributed by atoms with Gasteiger partial charge < -0.3 is 15.4 Å². The number of hydrogen-bond donors (Lipinski definition) is 2. The number of nitrogens with one attached hydrogen (secondary N) is 2. The summed E-state index contributed by atoms with van der Waals surface area (Å²) in [6.45, 7) is 3.11. The lowest BCUT2D eigenvalue weighted by Crippen LogP contribution is -2.41. The zero-order chi connectivity index (χ0) is 18.2. The van der Waals surface area contributed by atoms with Gasteiger partial charge in [-0.1, -0.05) is 12.1 Å². The molecular formula is C17H22N2O4S2. The summed E-state index contributed by atoms with van der Waals surface area (Å²) >= 11 is 3.79. The second kappa shape index (κ2) is 9.72. The van der Waals surface area contributed by atoms with Crippen molar-refractivity contribution >= 4 is 41.3 Å². The number of ether oxygens (including phenoxy) is 1. The van der Waals surface area contributed by atoms with Gasteiger partial charge in [-0.15, -0.1) is 23.5 Å². The Morgan fingerprint density at radius 3 is 2.36 bits per heavy atom. The molecule has 1 aliphatic heterocycles. The van der Waals surface area contributed by atoms with Crippen molar-refractivity contribution < 1.29 is 19.1 Å². The van der Waals surface area contributed by atoms with Gasteiger partial charge in [-0.25, -0.2) is 4.79 Å².